The molecule has 0 fully saturated rings. The first kappa shape index (κ1) is 19.5. The van der Waals surface area contributed by atoms with Crippen LogP contribution in [0.4, 0.5) is 5.69 Å². The Hall–Kier alpha value is -2.28. The Kier molecular flexibility index (Phi) is 5.89. The third kappa shape index (κ3) is 3.74. The lowest BCUT2D eigenvalue weighted by Crippen LogP contribution is -2.31. The predicted octanol–water partition coefficient (Wildman–Crippen LogP) is 3.67. The summed E-state index contributed by atoms with van der Waals surface area (Å²) >= 11 is 7.11. The Morgan fingerprint density at radius 3 is 2.44 bits per heavy atom. The molecule has 2 aromatic rings. The van der Waals surface area contributed by atoms with Gasteiger partial charge in [0.25, 0.3) is 11.8 Å². The fraction of sp³-hybridized carbons (Fsp3) is 0.200. The highest BCUT2D eigenvalue weighted by molar-refractivity contribution is 8.04. The summed E-state index contributed by atoms with van der Waals surface area (Å²) in [6, 6.07) is 12.1. The van der Waals surface area contributed by atoms with E-state index in [9.17, 15) is 14.7 Å². The number of anilines is 1. The van der Waals surface area contributed by atoms with Crippen LogP contribution < -0.4 is 9.64 Å². The molecule has 5 nitrogen and oxygen atoms in total. The highest BCUT2D eigenvalue weighted by Crippen LogP contribution is 2.41. The van der Waals surface area contributed by atoms with Crippen molar-refractivity contribution in [3.8, 4) is 5.75 Å². The van der Waals surface area contributed by atoms with Gasteiger partial charge in [-0.25, -0.2) is 4.90 Å². The van der Waals surface area contributed by atoms with Crippen LogP contribution in [0, 0.1) is 6.92 Å². The van der Waals surface area contributed by atoms with Crippen LogP contribution in [0.15, 0.2) is 47.4 Å². The number of hydrogen-bond donors (Lipinski definition) is 1. The van der Waals surface area contributed by atoms with Crippen molar-refractivity contribution in [3.63, 3.8) is 0 Å². The summed E-state index contributed by atoms with van der Waals surface area (Å²) in [5, 5.41) is 9.72. The summed E-state index contributed by atoms with van der Waals surface area (Å²) in [5.41, 5.74) is 2.21. The van der Waals surface area contributed by atoms with Crippen molar-refractivity contribution < 1.29 is 19.4 Å². The van der Waals surface area contributed by atoms with Crippen LogP contribution in [0.5, 0.6) is 5.75 Å². The predicted molar refractivity (Wildman–Crippen MR) is 108 cm³/mol. The molecule has 1 aliphatic heterocycles. The number of aliphatic hydroxyl groups is 1. The van der Waals surface area contributed by atoms with Crippen molar-refractivity contribution in [2.24, 2.45) is 0 Å². The average Bonchev–Trinajstić information content (AvgIpc) is 2.90. The molecule has 27 heavy (non-hydrogen) atoms. The van der Waals surface area contributed by atoms with Gasteiger partial charge in [-0.3, -0.25) is 9.59 Å². The SMILES string of the molecule is COc1ccc(C)cc1N1C(=O)C(SCCO)=C(c2ccc(Cl)cc2)C1=O. The number of aliphatic hydroxyl groups excluding tert-OH is 1. The van der Waals surface area contributed by atoms with E-state index in [2.05, 4.69) is 0 Å². The monoisotopic (exact) mass is 403 g/mol. The van der Waals surface area contributed by atoms with E-state index in [1.807, 2.05) is 13.0 Å². The number of rotatable bonds is 6. The number of nitrogens with zero attached hydrogens (tertiary/aromatic N) is 1. The van der Waals surface area contributed by atoms with Crippen LogP contribution in [0.25, 0.3) is 5.57 Å². The maximum Gasteiger partial charge on any atom is 0.272 e. The second-order valence-electron chi connectivity index (χ2n) is 5.90. The van der Waals surface area contributed by atoms with Crippen LogP contribution in [-0.2, 0) is 9.59 Å². The fourth-order valence-corrected chi connectivity index (χ4v) is 3.84. The van der Waals surface area contributed by atoms with Gasteiger partial charge in [-0.1, -0.05) is 29.8 Å². The minimum Gasteiger partial charge on any atom is -0.495 e. The zero-order valence-electron chi connectivity index (χ0n) is 14.9. The van der Waals surface area contributed by atoms with Crippen molar-refractivity contribution in [2.75, 3.05) is 24.4 Å². The molecular weight excluding hydrogens is 386 g/mol. The standard InChI is InChI=1S/C20H18ClNO4S/c1-12-3-8-16(26-2)15(11-12)22-19(24)17(13-4-6-14(21)7-5-13)18(20(22)25)27-10-9-23/h3-8,11,23H,9-10H2,1-2H3. The first-order valence-corrected chi connectivity index (χ1v) is 9.61. The van der Waals surface area contributed by atoms with E-state index in [1.54, 1.807) is 36.4 Å². The Morgan fingerprint density at radius 2 is 1.81 bits per heavy atom. The van der Waals surface area contributed by atoms with Gasteiger partial charge in [-0.15, -0.1) is 11.8 Å². The number of imide groups is 1. The van der Waals surface area contributed by atoms with Gasteiger partial charge in [0.1, 0.15) is 5.75 Å². The number of amides is 2. The molecule has 0 unspecified atom stereocenters. The van der Waals surface area contributed by atoms with Crippen molar-refractivity contribution in [3.05, 3.63) is 63.5 Å². The number of carbonyl (C=O) groups is 2. The molecule has 1 heterocycles. The summed E-state index contributed by atoms with van der Waals surface area (Å²) in [6.07, 6.45) is 0. The van der Waals surface area contributed by atoms with Crippen LogP contribution in [0.1, 0.15) is 11.1 Å². The van der Waals surface area contributed by atoms with Gasteiger partial charge >= 0.3 is 0 Å². The van der Waals surface area contributed by atoms with Gasteiger partial charge in [0.2, 0.25) is 0 Å². The molecule has 0 saturated carbocycles. The molecule has 0 bridgehead atoms. The van der Waals surface area contributed by atoms with Gasteiger partial charge in [0.15, 0.2) is 0 Å². The minimum absolute atomic E-state index is 0.0999. The summed E-state index contributed by atoms with van der Waals surface area (Å²) in [6.45, 7) is 1.78. The maximum atomic E-state index is 13.2. The van der Waals surface area contributed by atoms with E-state index in [4.69, 9.17) is 16.3 Å². The molecule has 0 radical (unpaired) electrons. The van der Waals surface area contributed by atoms with E-state index < -0.39 is 11.8 Å². The Bertz CT molecular complexity index is 924. The lowest BCUT2D eigenvalue weighted by molar-refractivity contribution is -0.119. The zero-order valence-corrected chi connectivity index (χ0v) is 16.4. The molecule has 140 valence electrons. The highest BCUT2D eigenvalue weighted by Gasteiger charge is 2.41. The van der Waals surface area contributed by atoms with E-state index in [1.165, 1.54) is 7.11 Å². The summed E-state index contributed by atoms with van der Waals surface area (Å²) in [7, 11) is 1.49. The summed E-state index contributed by atoms with van der Waals surface area (Å²) < 4.78 is 5.35. The lowest BCUT2D eigenvalue weighted by atomic mass is 10.1. The number of aryl methyl sites for hydroxylation is 1. The number of carbonyl (C=O) groups excluding carboxylic acids is 2. The van der Waals surface area contributed by atoms with Crippen LogP contribution in [-0.4, -0.2) is 36.4 Å². The quantitative estimate of drug-likeness (QED) is 0.745. The van der Waals surface area contributed by atoms with Gasteiger partial charge < -0.3 is 9.84 Å². The van der Waals surface area contributed by atoms with Crippen molar-refractivity contribution in [2.45, 2.75) is 6.92 Å². The first-order chi connectivity index (χ1) is 13.0. The molecule has 0 aliphatic carbocycles. The smallest absolute Gasteiger partial charge is 0.272 e. The summed E-state index contributed by atoms with van der Waals surface area (Å²) in [4.78, 5) is 27.8. The first-order valence-electron chi connectivity index (χ1n) is 8.25. The van der Waals surface area contributed by atoms with Crippen LogP contribution in [0.3, 0.4) is 0 Å². The molecule has 3 rings (SSSR count). The highest BCUT2D eigenvalue weighted by atomic mass is 35.5. The number of benzene rings is 2. The van der Waals surface area contributed by atoms with E-state index in [0.717, 1.165) is 22.2 Å². The van der Waals surface area contributed by atoms with Crippen molar-refractivity contribution >= 4 is 46.4 Å². The molecule has 1 N–H and O–H groups in total. The van der Waals surface area contributed by atoms with Gasteiger partial charge in [0.05, 0.1) is 29.9 Å². The molecule has 7 heteroatoms. The van der Waals surface area contributed by atoms with Gasteiger partial charge in [0, 0.05) is 10.8 Å². The molecule has 0 atom stereocenters. The largest absolute Gasteiger partial charge is 0.495 e. The molecule has 1 aliphatic rings. The summed E-state index contributed by atoms with van der Waals surface area (Å²) in [5.74, 6) is -0.102. The maximum absolute atomic E-state index is 13.2. The number of ether oxygens (including phenoxy) is 1. The topological polar surface area (TPSA) is 66.8 Å². The van der Waals surface area contributed by atoms with Crippen molar-refractivity contribution in [1.82, 2.24) is 0 Å². The normalized spacial score (nSPS) is 14.3. The average molecular weight is 404 g/mol. The molecule has 0 saturated heterocycles. The number of thioether (sulfide) groups is 1. The zero-order chi connectivity index (χ0) is 19.6. The van der Waals surface area contributed by atoms with Crippen LogP contribution >= 0.6 is 23.4 Å². The Morgan fingerprint density at radius 1 is 1.11 bits per heavy atom. The molecule has 2 amide bonds. The molecule has 0 aromatic heterocycles. The Balaban J connectivity index is 2.12. The second kappa shape index (κ2) is 8.17. The Labute approximate surface area is 166 Å². The molecule has 0 spiro atoms. The number of hydrogen-bond acceptors (Lipinski definition) is 5. The second-order valence-corrected chi connectivity index (χ2v) is 7.45. The number of methoxy groups -OCH3 is 1. The van der Waals surface area contributed by atoms with Crippen molar-refractivity contribution in [1.29, 1.82) is 0 Å². The molecular formula is C20H18ClNO4S. The fourth-order valence-electron chi connectivity index (χ4n) is 2.86. The lowest BCUT2D eigenvalue weighted by Gasteiger charge is -2.19. The number of halogens is 1. The minimum atomic E-state index is -0.424. The van der Waals surface area contributed by atoms with Crippen LogP contribution in [0.2, 0.25) is 5.02 Å². The molecule has 2 aromatic carbocycles. The van der Waals surface area contributed by atoms with E-state index in [0.29, 0.717) is 38.3 Å². The third-order valence-corrected chi connectivity index (χ3v) is 5.39. The van der Waals surface area contributed by atoms with E-state index in [-0.39, 0.29) is 6.61 Å². The van der Waals surface area contributed by atoms with Gasteiger partial charge in [-0.2, -0.15) is 0 Å². The third-order valence-electron chi connectivity index (χ3n) is 4.09. The van der Waals surface area contributed by atoms with Gasteiger partial charge in [-0.05, 0) is 42.3 Å². The van der Waals surface area contributed by atoms with E-state index >= 15 is 0 Å².